The van der Waals surface area contributed by atoms with Crippen LogP contribution >= 0.6 is 0 Å². The van der Waals surface area contributed by atoms with Gasteiger partial charge >= 0.3 is 0 Å². The first-order valence-corrected chi connectivity index (χ1v) is 4.69. The maximum absolute atomic E-state index is 4.56. The molecule has 0 radical (unpaired) electrons. The van der Waals surface area contributed by atoms with Crippen LogP contribution in [0.25, 0.3) is 6.08 Å². The molecule has 0 bridgehead atoms. The molecule has 0 aromatic carbocycles. The van der Waals surface area contributed by atoms with Crippen molar-refractivity contribution in [3.63, 3.8) is 0 Å². The first-order chi connectivity index (χ1) is 6.27. The third-order valence-electron chi connectivity index (χ3n) is 2.22. The molecule has 2 heterocycles. The van der Waals surface area contributed by atoms with E-state index < -0.39 is 0 Å². The first kappa shape index (κ1) is 8.30. The zero-order valence-electron chi connectivity index (χ0n) is 8.04. The molecule has 0 spiro atoms. The van der Waals surface area contributed by atoms with E-state index in [-0.39, 0.29) is 0 Å². The summed E-state index contributed by atoms with van der Waals surface area (Å²) in [4.78, 5) is 4.56. The molecule has 13 heavy (non-hydrogen) atoms. The highest BCUT2D eigenvalue weighted by atomic mass is 14.9. The summed E-state index contributed by atoms with van der Waals surface area (Å²) < 4.78 is 0. The Morgan fingerprint density at radius 3 is 3.00 bits per heavy atom. The molecule has 1 aliphatic heterocycles. The van der Waals surface area contributed by atoms with E-state index in [1.54, 1.807) is 0 Å². The fourth-order valence-electron chi connectivity index (χ4n) is 1.43. The van der Waals surface area contributed by atoms with Crippen LogP contribution in [0.4, 0.5) is 5.69 Å². The van der Waals surface area contributed by atoms with Crippen LogP contribution in [0.15, 0.2) is 18.2 Å². The van der Waals surface area contributed by atoms with E-state index in [9.17, 15) is 0 Å². The third-order valence-corrected chi connectivity index (χ3v) is 2.22. The van der Waals surface area contributed by atoms with Crippen molar-refractivity contribution < 1.29 is 0 Å². The van der Waals surface area contributed by atoms with Crippen molar-refractivity contribution in [2.75, 3.05) is 11.9 Å². The molecular formula is C11H14N2. The van der Waals surface area contributed by atoms with Gasteiger partial charge in [0, 0.05) is 12.2 Å². The molecule has 1 aromatic rings. The van der Waals surface area contributed by atoms with Crippen LogP contribution in [-0.2, 0) is 0 Å². The van der Waals surface area contributed by atoms with Crippen LogP contribution in [0.2, 0.25) is 0 Å². The van der Waals surface area contributed by atoms with E-state index in [0.717, 1.165) is 23.6 Å². The van der Waals surface area contributed by atoms with Crippen molar-refractivity contribution in [2.45, 2.75) is 19.8 Å². The SMILES string of the molecule is CC(C)c1ccc2c(n1)C=CCN2. The largest absolute Gasteiger partial charge is 0.380 e. The van der Waals surface area contributed by atoms with Crippen LogP contribution in [0, 0.1) is 0 Å². The Morgan fingerprint density at radius 1 is 1.38 bits per heavy atom. The van der Waals surface area contributed by atoms with Gasteiger partial charge in [-0.15, -0.1) is 0 Å². The molecule has 0 saturated carbocycles. The van der Waals surface area contributed by atoms with Crippen molar-refractivity contribution in [3.05, 3.63) is 29.6 Å². The molecule has 0 fully saturated rings. The summed E-state index contributed by atoms with van der Waals surface area (Å²) in [6, 6.07) is 4.21. The Labute approximate surface area is 78.7 Å². The Balaban J connectivity index is 2.43. The van der Waals surface area contributed by atoms with E-state index in [1.165, 1.54) is 0 Å². The standard InChI is InChI=1S/C11H14N2/c1-8(2)9-5-6-10-11(13-9)4-3-7-12-10/h3-6,8,12H,7H2,1-2H3. The lowest BCUT2D eigenvalue weighted by Gasteiger charge is -2.14. The molecule has 68 valence electrons. The molecule has 1 aromatic heterocycles. The van der Waals surface area contributed by atoms with Crippen molar-refractivity contribution in [3.8, 4) is 0 Å². The van der Waals surface area contributed by atoms with E-state index in [4.69, 9.17) is 0 Å². The lowest BCUT2D eigenvalue weighted by Crippen LogP contribution is -2.07. The van der Waals surface area contributed by atoms with Gasteiger partial charge in [0.15, 0.2) is 0 Å². The fourth-order valence-corrected chi connectivity index (χ4v) is 1.43. The van der Waals surface area contributed by atoms with Crippen LogP contribution in [0.1, 0.15) is 31.2 Å². The topological polar surface area (TPSA) is 24.9 Å². The summed E-state index contributed by atoms with van der Waals surface area (Å²) in [7, 11) is 0. The average molecular weight is 174 g/mol. The molecule has 0 saturated heterocycles. The van der Waals surface area contributed by atoms with Gasteiger partial charge in [-0.2, -0.15) is 0 Å². The minimum atomic E-state index is 0.501. The zero-order valence-corrected chi connectivity index (χ0v) is 8.04. The maximum Gasteiger partial charge on any atom is 0.0861 e. The molecular weight excluding hydrogens is 160 g/mol. The zero-order chi connectivity index (χ0) is 9.26. The van der Waals surface area contributed by atoms with Crippen LogP contribution in [-0.4, -0.2) is 11.5 Å². The molecule has 2 rings (SSSR count). The maximum atomic E-state index is 4.56. The second-order valence-electron chi connectivity index (χ2n) is 3.61. The highest BCUT2D eigenvalue weighted by molar-refractivity contribution is 5.66. The highest BCUT2D eigenvalue weighted by Gasteiger charge is 2.07. The van der Waals surface area contributed by atoms with Gasteiger partial charge in [0.1, 0.15) is 0 Å². The molecule has 1 aliphatic rings. The summed E-state index contributed by atoms with van der Waals surface area (Å²) in [6.45, 7) is 5.24. The Bertz CT molecular complexity index is 340. The Morgan fingerprint density at radius 2 is 2.23 bits per heavy atom. The molecule has 0 amide bonds. The number of pyridine rings is 1. The highest BCUT2D eigenvalue weighted by Crippen LogP contribution is 2.21. The number of aromatic nitrogens is 1. The average Bonchev–Trinajstić information content (AvgIpc) is 2.17. The minimum Gasteiger partial charge on any atom is -0.380 e. The van der Waals surface area contributed by atoms with Crippen molar-refractivity contribution in [1.82, 2.24) is 4.98 Å². The van der Waals surface area contributed by atoms with Gasteiger partial charge in [-0.3, -0.25) is 4.98 Å². The number of rotatable bonds is 1. The van der Waals surface area contributed by atoms with Crippen LogP contribution in [0.3, 0.4) is 0 Å². The second kappa shape index (κ2) is 3.21. The van der Waals surface area contributed by atoms with E-state index in [0.29, 0.717) is 5.92 Å². The number of hydrogen-bond acceptors (Lipinski definition) is 2. The summed E-state index contributed by atoms with van der Waals surface area (Å²) >= 11 is 0. The van der Waals surface area contributed by atoms with Crippen molar-refractivity contribution in [1.29, 1.82) is 0 Å². The number of anilines is 1. The number of nitrogens with one attached hydrogen (secondary N) is 1. The minimum absolute atomic E-state index is 0.501. The van der Waals surface area contributed by atoms with Gasteiger partial charge in [0.25, 0.3) is 0 Å². The molecule has 1 N–H and O–H groups in total. The number of hydrogen-bond donors (Lipinski definition) is 1. The van der Waals surface area contributed by atoms with Gasteiger partial charge in [0.2, 0.25) is 0 Å². The normalized spacial score (nSPS) is 14.1. The van der Waals surface area contributed by atoms with Crippen molar-refractivity contribution >= 4 is 11.8 Å². The monoisotopic (exact) mass is 174 g/mol. The third kappa shape index (κ3) is 1.57. The Hall–Kier alpha value is -1.31. The van der Waals surface area contributed by atoms with E-state index >= 15 is 0 Å². The number of fused-ring (bicyclic) bond motifs is 1. The van der Waals surface area contributed by atoms with Gasteiger partial charge in [-0.1, -0.05) is 19.9 Å². The molecule has 0 atom stereocenters. The molecule has 2 nitrogen and oxygen atoms in total. The van der Waals surface area contributed by atoms with E-state index in [2.05, 4.69) is 48.4 Å². The van der Waals surface area contributed by atoms with Crippen molar-refractivity contribution in [2.24, 2.45) is 0 Å². The van der Waals surface area contributed by atoms with Gasteiger partial charge in [0.05, 0.1) is 11.4 Å². The molecule has 0 unspecified atom stereocenters. The summed E-state index contributed by atoms with van der Waals surface area (Å²) in [6.07, 6.45) is 4.18. The summed E-state index contributed by atoms with van der Waals surface area (Å²) in [5, 5.41) is 3.28. The van der Waals surface area contributed by atoms with Gasteiger partial charge < -0.3 is 5.32 Å². The van der Waals surface area contributed by atoms with Gasteiger partial charge in [-0.05, 0) is 24.1 Å². The molecule has 0 aliphatic carbocycles. The lowest BCUT2D eigenvalue weighted by atomic mass is 10.1. The van der Waals surface area contributed by atoms with E-state index in [1.807, 2.05) is 0 Å². The van der Waals surface area contributed by atoms with Gasteiger partial charge in [-0.25, -0.2) is 0 Å². The predicted molar refractivity (Wildman–Crippen MR) is 55.8 cm³/mol. The number of nitrogens with zero attached hydrogens (tertiary/aromatic N) is 1. The first-order valence-electron chi connectivity index (χ1n) is 4.69. The fraction of sp³-hybridized carbons (Fsp3) is 0.364. The second-order valence-corrected chi connectivity index (χ2v) is 3.61. The van der Waals surface area contributed by atoms with Crippen LogP contribution in [0.5, 0.6) is 0 Å². The lowest BCUT2D eigenvalue weighted by molar-refractivity contribution is 0.820. The summed E-state index contributed by atoms with van der Waals surface area (Å²) in [5.74, 6) is 0.501. The predicted octanol–water partition coefficient (Wildman–Crippen LogP) is 2.64. The quantitative estimate of drug-likeness (QED) is 0.708. The summed E-state index contributed by atoms with van der Waals surface area (Å²) in [5.41, 5.74) is 3.37. The van der Waals surface area contributed by atoms with Crippen LogP contribution < -0.4 is 5.32 Å². The Kier molecular flexibility index (Phi) is 2.05. The molecule has 2 heteroatoms. The smallest absolute Gasteiger partial charge is 0.0861 e.